The number of carbonyl (C=O) groups excluding carboxylic acids is 2. The average molecular weight is 526 g/mol. The van der Waals surface area contributed by atoms with E-state index in [1.165, 1.54) is 6.92 Å². The van der Waals surface area contributed by atoms with Crippen molar-refractivity contribution >= 4 is 17.6 Å². The first-order chi connectivity index (χ1) is 18.4. The number of methoxy groups -OCH3 is 1. The molecule has 3 aromatic carbocycles. The van der Waals surface area contributed by atoms with E-state index >= 15 is 0 Å². The molecule has 0 bridgehead atoms. The number of esters is 1. The van der Waals surface area contributed by atoms with Gasteiger partial charge in [0.2, 0.25) is 11.8 Å². The number of anilines is 1. The minimum Gasteiger partial charge on any atom is -0.497 e. The smallest absolute Gasteiger partial charge is 0.309 e. The van der Waals surface area contributed by atoms with Crippen molar-refractivity contribution in [2.75, 3.05) is 12.4 Å². The molecule has 0 aliphatic carbocycles. The number of benzene rings is 3. The molecular formula is C32H35N3O4. The molecule has 0 saturated carbocycles. The van der Waals surface area contributed by atoms with Crippen molar-refractivity contribution in [3.8, 4) is 39.7 Å². The number of hydrogen-bond donors (Lipinski definition) is 1. The van der Waals surface area contributed by atoms with Crippen LogP contribution in [0.2, 0.25) is 0 Å². The molecule has 0 unspecified atom stereocenters. The lowest BCUT2D eigenvalue weighted by Crippen LogP contribution is -2.19. The topological polar surface area (TPSA) is 82.4 Å². The van der Waals surface area contributed by atoms with Gasteiger partial charge in [0.1, 0.15) is 11.4 Å². The number of rotatable bonds is 7. The summed E-state index contributed by atoms with van der Waals surface area (Å²) in [4.78, 5) is 24.8. The van der Waals surface area contributed by atoms with E-state index in [2.05, 4.69) is 5.32 Å². The van der Waals surface area contributed by atoms with Gasteiger partial charge >= 0.3 is 5.97 Å². The maximum absolute atomic E-state index is 12.5. The van der Waals surface area contributed by atoms with Crippen LogP contribution < -0.4 is 14.8 Å². The van der Waals surface area contributed by atoms with E-state index in [0.717, 1.165) is 33.7 Å². The van der Waals surface area contributed by atoms with Crippen LogP contribution in [0.1, 0.15) is 45.2 Å². The van der Waals surface area contributed by atoms with Gasteiger partial charge in [-0.15, -0.1) is 0 Å². The van der Waals surface area contributed by atoms with Crippen LogP contribution in [0, 0.1) is 19.3 Å². The monoisotopic (exact) mass is 525 g/mol. The molecule has 0 atom stereocenters. The van der Waals surface area contributed by atoms with Gasteiger partial charge in [-0.25, -0.2) is 0 Å². The summed E-state index contributed by atoms with van der Waals surface area (Å²) >= 11 is 0. The van der Waals surface area contributed by atoms with Gasteiger partial charge < -0.3 is 14.8 Å². The van der Waals surface area contributed by atoms with Crippen LogP contribution in [0.4, 0.5) is 5.69 Å². The van der Waals surface area contributed by atoms with Crippen molar-refractivity contribution in [3.63, 3.8) is 0 Å². The minimum atomic E-state index is -0.449. The predicted molar refractivity (Wildman–Crippen MR) is 154 cm³/mol. The Labute approximate surface area is 229 Å². The molecule has 0 saturated heterocycles. The third-order valence-corrected chi connectivity index (χ3v) is 6.19. The minimum absolute atomic E-state index is 0.0440. The van der Waals surface area contributed by atoms with Gasteiger partial charge in [0.25, 0.3) is 0 Å². The first-order valence-corrected chi connectivity index (χ1v) is 12.9. The molecule has 0 fully saturated rings. The zero-order chi connectivity index (χ0) is 28.3. The molecule has 0 aliphatic heterocycles. The van der Waals surface area contributed by atoms with Gasteiger partial charge in [-0.3, -0.25) is 9.59 Å². The number of hydrogen-bond acceptors (Lipinski definition) is 5. The normalized spacial score (nSPS) is 11.3. The van der Waals surface area contributed by atoms with Crippen molar-refractivity contribution in [1.29, 1.82) is 0 Å². The van der Waals surface area contributed by atoms with E-state index in [1.807, 2.05) is 101 Å². The van der Waals surface area contributed by atoms with Gasteiger partial charge in [0.05, 0.1) is 18.4 Å². The second-order valence-corrected chi connectivity index (χ2v) is 10.9. The number of nitrogens with zero attached hydrogens (tertiary/aromatic N) is 2. The zero-order valence-electron chi connectivity index (χ0n) is 23.6. The highest BCUT2D eigenvalue weighted by Gasteiger charge is 2.25. The summed E-state index contributed by atoms with van der Waals surface area (Å²) in [6.45, 7) is 11.5. The first kappa shape index (κ1) is 27.6. The molecule has 39 heavy (non-hydrogen) atoms. The van der Waals surface area contributed by atoms with Crippen LogP contribution in [0.15, 0.2) is 66.7 Å². The van der Waals surface area contributed by atoms with E-state index in [0.29, 0.717) is 29.2 Å². The molecule has 1 heterocycles. The molecular weight excluding hydrogens is 490 g/mol. The number of aryl methyl sites for hydroxylation is 2. The lowest BCUT2D eigenvalue weighted by Gasteiger charge is -2.17. The Morgan fingerprint density at radius 3 is 2.15 bits per heavy atom. The fourth-order valence-electron chi connectivity index (χ4n) is 4.36. The highest BCUT2D eigenvalue weighted by molar-refractivity contribution is 5.92. The molecule has 4 aromatic rings. The molecule has 1 aromatic heterocycles. The summed E-state index contributed by atoms with van der Waals surface area (Å²) in [5, 5.41) is 7.95. The third kappa shape index (κ3) is 6.55. The molecule has 0 aliphatic rings. The van der Waals surface area contributed by atoms with E-state index < -0.39 is 5.97 Å². The largest absolute Gasteiger partial charge is 0.497 e. The predicted octanol–water partition coefficient (Wildman–Crippen LogP) is 7.13. The lowest BCUT2D eigenvalue weighted by molar-refractivity contribution is -0.132. The Balaban J connectivity index is 1.88. The summed E-state index contributed by atoms with van der Waals surface area (Å²) in [6, 6.07) is 21.2. The van der Waals surface area contributed by atoms with Gasteiger partial charge in [-0.2, -0.15) is 9.78 Å². The number of ether oxygens (including phenoxy) is 2. The average Bonchev–Trinajstić information content (AvgIpc) is 3.23. The third-order valence-electron chi connectivity index (χ3n) is 6.19. The molecule has 202 valence electrons. The fraction of sp³-hybridized carbons (Fsp3) is 0.281. The second-order valence-electron chi connectivity index (χ2n) is 10.9. The highest BCUT2D eigenvalue weighted by Crippen LogP contribution is 2.42. The van der Waals surface area contributed by atoms with Crippen LogP contribution in [0.5, 0.6) is 11.6 Å². The lowest BCUT2D eigenvalue weighted by atomic mass is 9.92. The van der Waals surface area contributed by atoms with Crippen molar-refractivity contribution in [1.82, 2.24) is 9.78 Å². The maximum atomic E-state index is 12.5. The molecule has 0 radical (unpaired) electrons. The second kappa shape index (κ2) is 11.2. The molecule has 7 nitrogen and oxygen atoms in total. The number of carbonyl (C=O) groups is 2. The summed E-state index contributed by atoms with van der Waals surface area (Å²) in [5.41, 5.74) is 6.40. The number of nitrogens with one attached hydrogen (secondary N) is 1. The summed E-state index contributed by atoms with van der Waals surface area (Å²) < 4.78 is 12.9. The fourth-order valence-corrected chi connectivity index (χ4v) is 4.36. The van der Waals surface area contributed by atoms with Crippen molar-refractivity contribution in [3.05, 3.63) is 77.9 Å². The van der Waals surface area contributed by atoms with E-state index in [1.54, 1.807) is 11.8 Å². The van der Waals surface area contributed by atoms with Crippen molar-refractivity contribution in [2.45, 2.75) is 48.0 Å². The molecule has 1 amide bonds. The molecule has 7 heteroatoms. The van der Waals surface area contributed by atoms with Crippen LogP contribution in [0.25, 0.3) is 28.1 Å². The van der Waals surface area contributed by atoms with E-state index in [-0.39, 0.29) is 11.3 Å². The van der Waals surface area contributed by atoms with Crippen LogP contribution >= 0.6 is 0 Å². The number of aromatic nitrogens is 2. The Morgan fingerprint density at radius 2 is 1.56 bits per heavy atom. The quantitative estimate of drug-likeness (QED) is 0.260. The van der Waals surface area contributed by atoms with Gasteiger partial charge in [0, 0.05) is 24.6 Å². The van der Waals surface area contributed by atoms with Crippen molar-refractivity contribution in [2.24, 2.45) is 5.41 Å². The standard InChI is InChI=1S/C32H35N3O4/c1-20-8-9-21(2)27(18-20)35-31(39-22(3)36)29(30(34-35)24-12-16-26(38-7)17-13-24)23-10-14-25(15-11-23)33-28(37)19-32(4,5)6/h8-18H,19H2,1-7H3,(H,33,37). The molecule has 0 spiro atoms. The van der Waals surface area contributed by atoms with Crippen LogP contribution in [-0.4, -0.2) is 28.8 Å². The zero-order valence-corrected chi connectivity index (χ0v) is 23.6. The van der Waals surface area contributed by atoms with Crippen molar-refractivity contribution < 1.29 is 19.1 Å². The molecule has 4 rings (SSSR count). The van der Waals surface area contributed by atoms with Crippen LogP contribution in [0.3, 0.4) is 0 Å². The van der Waals surface area contributed by atoms with Gasteiger partial charge in [-0.05, 0) is 78.4 Å². The highest BCUT2D eigenvalue weighted by atomic mass is 16.5. The molecule has 1 N–H and O–H groups in total. The Kier molecular flexibility index (Phi) is 7.90. The van der Waals surface area contributed by atoms with Crippen LogP contribution in [-0.2, 0) is 9.59 Å². The maximum Gasteiger partial charge on any atom is 0.309 e. The van der Waals surface area contributed by atoms with E-state index in [9.17, 15) is 9.59 Å². The SMILES string of the molecule is COc1ccc(-c2nn(-c3cc(C)ccc3C)c(OC(C)=O)c2-c2ccc(NC(=O)CC(C)(C)C)cc2)cc1. The number of amides is 1. The van der Waals surface area contributed by atoms with Gasteiger partial charge in [0.15, 0.2) is 0 Å². The first-order valence-electron chi connectivity index (χ1n) is 12.9. The summed E-state index contributed by atoms with van der Waals surface area (Å²) in [5.74, 6) is 0.559. The summed E-state index contributed by atoms with van der Waals surface area (Å²) in [7, 11) is 1.62. The van der Waals surface area contributed by atoms with E-state index in [4.69, 9.17) is 14.6 Å². The summed E-state index contributed by atoms with van der Waals surface area (Å²) in [6.07, 6.45) is 0.412. The Hall–Kier alpha value is -4.39. The van der Waals surface area contributed by atoms with Gasteiger partial charge in [-0.1, -0.05) is 45.0 Å². The Bertz CT molecular complexity index is 1490. The Morgan fingerprint density at radius 1 is 0.923 bits per heavy atom.